The molecule has 2 rings (SSSR count). The van der Waals surface area contributed by atoms with Crippen LogP contribution in [0.15, 0.2) is 12.1 Å². The summed E-state index contributed by atoms with van der Waals surface area (Å²) in [6.45, 7) is 13.8. The Morgan fingerprint density at radius 1 is 1.26 bits per heavy atom. The lowest BCUT2D eigenvalue weighted by Gasteiger charge is -2.29. The van der Waals surface area contributed by atoms with E-state index in [4.69, 9.17) is 4.74 Å². The number of Topliss-reactive ketones (excluding diaryl/α,β-unsaturated/α-hetero) is 1. The van der Waals surface area contributed by atoms with E-state index in [9.17, 15) is 4.79 Å². The first-order valence-corrected chi connectivity index (χ1v) is 8.74. The van der Waals surface area contributed by atoms with Gasteiger partial charge in [0.2, 0.25) is 0 Å². The standard InChI is InChI=1S/C19H30N2O2/c1-5-12-23-18-7-6-17(15(3)16(18)4)19(22)14(2)13-21-10-8-20-9-11-21/h6-7,14,20H,5,8-13H2,1-4H3. The molecule has 1 aromatic carbocycles. The van der Waals surface area contributed by atoms with Gasteiger partial charge in [-0.15, -0.1) is 0 Å². The van der Waals surface area contributed by atoms with Crippen molar-refractivity contribution in [1.82, 2.24) is 10.2 Å². The number of rotatable bonds is 7. The minimum atomic E-state index is 0.0219. The highest BCUT2D eigenvalue weighted by atomic mass is 16.5. The Morgan fingerprint density at radius 3 is 2.61 bits per heavy atom. The van der Waals surface area contributed by atoms with Crippen LogP contribution >= 0.6 is 0 Å². The Hall–Kier alpha value is -1.39. The lowest BCUT2D eigenvalue weighted by Crippen LogP contribution is -2.45. The average Bonchev–Trinajstić information content (AvgIpc) is 2.56. The summed E-state index contributed by atoms with van der Waals surface area (Å²) in [6, 6.07) is 3.88. The Morgan fingerprint density at radius 2 is 1.96 bits per heavy atom. The van der Waals surface area contributed by atoms with Gasteiger partial charge in [-0.3, -0.25) is 4.79 Å². The molecule has 4 heteroatoms. The largest absolute Gasteiger partial charge is 0.493 e. The van der Waals surface area contributed by atoms with Crippen molar-refractivity contribution in [3.63, 3.8) is 0 Å². The SMILES string of the molecule is CCCOc1ccc(C(=O)C(C)CN2CCNCC2)c(C)c1C. The molecule has 1 aromatic rings. The number of nitrogens with one attached hydrogen (secondary N) is 1. The molecule has 0 spiro atoms. The lowest BCUT2D eigenvalue weighted by atomic mass is 9.92. The van der Waals surface area contributed by atoms with Gasteiger partial charge in [0.15, 0.2) is 5.78 Å². The molecule has 4 nitrogen and oxygen atoms in total. The monoisotopic (exact) mass is 318 g/mol. The number of carbonyl (C=O) groups excluding carboxylic acids is 1. The topological polar surface area (TPSA) is 41.6 Å². The van der Waals surface area contributed by atoms with Crippen molar-refractivity contribution in [1.29, 1.82) is 0 Å². The van der Waals surface area contributed by atoms with Gasteiger partial charge >= 0.3 is 0 Å². The zero-order valence-electron chi connectivity index (χ0n) is 14.9. The second-order valence-corrected chi connectivity index (χ2v) is 6.53. The predicted molar refractivity (Wildman–Crippen MR) is 94.5 cm³/mol. The van der Waals surface area contributed by atoms with Crippen LogP contribution in [0.4, 0.5) is 0 Å². The van der Waals surface area contributed by atoms with Crippen LogP contribution in [0.3, 0.4) is 0 Å². The van der Waals surface area contributed by atoms with Gasteiger partial charge in [-0.05, 0) is 43.5 Å². The van der Waals surface area contributed by atoms with E-state index in [1.165, 1.54) is 0 Å². The minimum absolute atomic E-state index is 0.0219. The molecular weight excluding hydrogens is 288 g/mol. The highest BCUT2D eigenvalue weighted by Crippen LogP contribution is 2.26. The van der Waals surface area contributed by atoms with E-state index in [0.717, 1.165) is 61.6 Å². The van der Waals surface area contributed by atoms with Crippen LogP contribution < -0.4 is 10.1 Å². The van der Waals surface area contributed by atoms with Crippen LogP contribution in [0.25, 0.3) is 0 Å². The normalized spacial score (nSPS) is 17.0. The van der Waals surface area contributed by atoms with E-state index in [1.54, 1.807) is 0 Å². The molecule has 1 atom stereocenters. The molecular formula is C19H30N2O2. The molecule has 0 amide bonds. The summed E-state index contributed by atoms with van der Waals surface area (Å²) in [7, 11) is 0. The quantitative estimate of drug-likeness (QED) is 0.785. The van der Waals surface area contributed by atoms with Crippen molar-refractivity contribution in [3.05, 3.63) is 28.8 Å². The fourth-order valence-electron chi connectivity index (χ4n) is 3.06. The van der Waals surface area contributed by atoms with Crippen molar-refractivity contribution < 1.29 is 9.53 Å². The molecule has 1 aliphatic heterocycles. The Labute approximate surface area is 140 Å². The maximum absolute atomic E-state index is 12.8. The third-order valence-electron chi connectivity index (χ3n) is 4.65. The molecule has 0 radical (unpaired) electrons. The summed E-state index contributed by atoms with van der Waals surface area (Å²) < 4.78 is 5.76. The number of nitrogens with zero attached hydrogens (tertiary/aromatic N) is 1. The fourth-order valence-corrected chi connectivity index (χ4v) is 3.06. The van der Waals surface area contributed by atoms with Crippen molar-refractivity contribution in [2.75, 3.05) is 39.3 Å². The molecule has 23 heavy (non-hydrogen) atoms. The summed E-state index contributed by atoms with van der Waals surface area (Å²) in [5.74, 6) is 1.16. The van der Waals surface area contributed by atoms with Gasteiger partial charge in [0, 0.05) is 44.2 Å². The van der Waals surface area contributed by atoms with E-state index in [2.05, 4.69) is 17.1 Å². The number of ether oxygens (including phenoxy) is 1. The van der Waals surface area contributed by atoms with Gasteiger partial charge in [0.1, 0.15) is 5.75 Å². The van der Waals surface area contributed by atoms with Crippen molar-refractivity contribution >= 4 is 5.78 Å². The molecule has 0 aromatic heterocycles. The number of benzene rings is 1. The summed E-state index contributed by atoms with van der Waals surface area (Å²) in [5, 5.41) is 3.35. The first-order chi connectivity index (χ1) is 11.0. The molecule has 1 saturated heterocycles. The zero-order valence-corrected chi connectivity index (χ0v) is 14.9. The number of ketones is 1. The first kappa shape index (κ1) is 18.0. The van der Waals surface area contributed by atoms with Crippen LogP contribution in [0.2, 0.25) is 0 Å². The molecule has 128 valence electrons. The van der Waals surface area contributed by atoms with Gasteiger partial charge in [0.05, 0.1) is 6.61 Å². The molecule has 1 N–H and O–H groups in total. The molecule has 0 aliphatic carbocycles. The smallest absolute Gasteiger partial charge is 0.167 e. The van der Waals surface area contributed by atoms with Crippen molar-refractivity contribution in [3.8, 4) is 5.75 Å². The van der Waals surface area contributed by atoms with E-state index < -0.39 is 0 Å². The second kappa shape index (κ2) is 8.46. The first-order valence-electron chi connectivity index (χ1n) is 8.74. The van der Waals surface area contributed by atoms with Gasteiger partial charge in [-0.25, -0.2) is 0 Å². The number of carbonyl (C=O) groups is 1. The van der Waals surface area contributed by atoms with Crippen LogP contribution in [0.5, 0.6) is 5.75 Å². The van der Waals surface area contributed by atoms with Crippen LogP contribution in [-0.4, -0.2) is 50.0 Å². The lowest BCUT2D eigenvalue weighted by molar-refractivity contribution is 0.0886. The zero-order chi connectivity index (χ0) is 16.8. The third kappa shape index (κ3) is 4.55. The Balaban J connectivity index is 2.07. The highest BCUT2D eigenvalue weighted by molar-refractivity contribution is 5.99. The van der Waals surface area contributed by atoms with Crippen molar-refractivity contribution in [2.45, 2.75) is 34.1 Å². The maximum atomic E-state index is 12.8. The van der Waals surface area contributed by atoms with E-state index in [1.807, 2.05) is 32.9 Å². The molecule has 1 fully saturated rings. The van der Waals surface area contributed by atoms with Gasteiger partial charge in [-0.2, -0.15) is 0 Å². The van der Waals surface area contributed by atoms with E-state index >= 15 is 0 Å². The fraction of sp³-hybridized carbons (Fsp3) is 0.632. The van der Waals surface area contributed by atoms with E-state index in [-0.39, 0.29) is 11.7 Å². The number of hydrogen-bond donors (Lipinski definition) is 1. The van der Waals surface area contributed by atoms with Gasteiger partial charge in [-0.1, -0.05) is 13.8 Å². The summed E-state index contributed by atoms with van der Waals surface area (Å²) in [4.78, 5) is 15.2. The maximum Gasteiger partial charge on any atom is 0.167 e. The predicted octanol–water partition coefficient (Wildman–Crippen LogP) is 2.82. The Bertz CT molecular complexity index is 536. The van der Waals surface area contributed by atoms with Gasteiger partial charge in [0.25, 0.3) is 0 Å². The molecule has 1 aliphatic rings. The number of hydrogen-bond acceptors (Lipinski definition) is 4. The van der Waals surface area contributed by atoms with E-state index in [0.29, 0.717) is 6.61 Å². The van der Waals surface area contributed by atoms with Crippen LogP contribution in [-0.2, 0) is 0 Å². The van der Waals surface area contributed by atoms with Crippen molar-refractivity contribution in [2.24, 2.45) is 5.92 Å². The second-order valence-electron chi connectivity index (χ2n) is 6.53. The summed E-state index contributed by atoms with van der Waals surface area (Å²) in [5.41, 5.74) is 2.98. The molecule has 0 saturated carbocycles. The molecule has 0 bridgehead atoms. The average molecular weight is 318 g/mol. The van der Waals surface area contributed by atoms with Gasteiger partial charge < -0.3 is 15.0 Å². The van der Waals surface area contributed by atoms with Crippen LogP contribution in [0, 0.1) is 19.8 Å². The highest BCUT2D eigenvalue weighted by Gasteiger charge is 2.22. The third-order valence-corrected chi connectivity index (χ3v) is 4.65. The minimum Gasteiger partial charge on any atom is -0.493 e. The number of piperazine rings is 1. The molecule has 1 heterocycles. The van der Waals surface area contributed by atoms with Crippen LogP contribution in [0.1, 0.15) is 41.8 Å². The Kier molecular flexibility index (Phi) is 6.60. The molecule has 1 unspecified atom stereocenters. The summed E-state index contributed by atoms with van der Waals surface area (Å²) >= 11 is 0. The summed E-state index contributed by atoms with van der Waals surface area (Å²) in [6.07, 6.45) is 0.987.